The predicted molar refractivity (Wildman–Crippen MR) is 110 cm³/mol. The molecule has 2 aromatic rings. The third-order valence-corrected chi connectivity index (χ3v) is 5.35. The lowest BCUT2D eigenvalue weighted by atomic mass is 10.2. The van der Waals surface area contributed by atoms with E-state index >= 15 is 0 Å². The van der Waals surface area contributed by atoms with Gasteiger partial charge in [-0.2, -0.15) is 13.5 Å². The fraction of sp³-hybridized carbons (Fsp3) is 0.381. The number of aryl methyl sites for hydroxylation is 1. The number of nitrogens with one attached hydrogen (secondary N) is 1. The van der Waals surface area contributed by atoms with Gasteiger partial charge in [0, 0.05) is 0 Å². The molecule has 0 aliphatic rings. The average Bonchev–Trinajstić information content (AvgIpc) is 2.66. The summed E-state index contributed by atoms with van der Waals surface area (Å²) in [5.41, 5.74) is 1.79. The molecule has 0 saturated heterocycles. The zero-order valence-electron chi connectivity index (χ0n) is 16.0. The van der Waals surface area contributed by atoms with Gasteiger partial charge in [-0.15, -0.1) is 0 Å². The van der Waals surface area contributed by atoms with Crippen molar-refractivity contribution in [3.05, 3.63) is 59.7 Å². The zero-order chi connectivity index (χ0) is 19.5. The molecule has 0 spiro atoms. The smallest absolute Gasteiger partial charge is 0.276 e. The van der Waals surface area contributed by atoms with E-state index in [9.17, 15) is 8.42 Å². The molecule has 27 heavy (non-hydrogen) atoms. The van der Waals surface area contributed by atoms with Gasteiger partial charge in [0.25, 0.3) is 10.0 Å². The van der Waals surface area contributed by atoms with Crippen molar-refractivity contribution in [3.8, 4) is 5.75 Å². The molecule has 0 atom stereocenters. The summed E-state index contributed by atoms with van der Waals surface area (Å²) in [5, 5.41) is 3.84. The summed E-state index contributed by atoms with van der Waals surface area (Å²) >= 11 is 0. The van der Waals surface area contributed by atoms with E-state index in [0.29, 0.717) is 6.61 Å². The molecular weight excluding hydrogens is 360 g/mol. The number of hydrogen-bond donors (Lipinski definition) is 1. The highest BCUT2D eigenvalue weighted by atomic mass is 32.2. The fourth-order valence-electron chi connectivity index (χ4n) is 2.49. The molecule has 0 unspecified atom stereocenters. The van der Waals surface area contributed by atoms with Crippen molar-refractivity contribution >= 4 is 16.2 Å². The van der Waals surface area contributed by atoms with E-state index in [-0.39, 0.29) is 4.90 Å². The number of benzene rings is 2. The highest BCUT2D eigenvalue weighted by Crippen LogP contribution is 2.13. The molecule has 2 aromatic carbocycles. The van der Waals surface area contributed by atoms with Gasteiger partial charge < -0.3 is 4.74 Å². The van der Waals surface area contributed by atoms with Crippen LogP contribution in [-0.2, 0) is 10.0 Å². The molecule has 6 heteroatoms. The minimum absolute atomic E-state index is 0.188. The third kappa shape index (κ3) is 7.43. The van der Waals surface area contributed by atoms with Crippen LogP contribution in [-0.4, -0.2) is 21.2 Å². The van der Waals surface area contributed by atoms with Crippen LogP contribution >= 0.6 is 0 Å². The summed E-state index contributed by atoms with van der Waals surface area (Å²) in [6.07, 6.45) is 7.50. The van der Waals surface area contributed by atoms with E-state index in [2.05, 4.69) is 16.9 Å². The normalized spacial score (nSPS) is 11.6. The van der Waals surface area contributed by atoms with Gasteiger partial charge in [0.2, 0.25) is 0 Å². The molecular formula is C21H28N2O3S. The Morgan fingerprint density at radius 1 is 0.963 bits per heavy atom. The highest BCUT2D eigenvalue weighted by molar-refractivity contribution is 7.89. The first-order chi connectivity index (χ1) is 13.0. The number of ether oxygens (including phenoxy) is 1. The van der Waals surface area contributed by atoms with E-state index in [0.717, 1.165) is 23.3 Å². The van der Waals surface area contributed by atoms with Crippen LogP contribution in [0.4, 0.5) is 0 Å². The molecule has 0 bridgehead atoms. The number of sulfonamides is 1. The molecule has 0 radical (unpaired) electrons. The van der Waals surface area contributed by atoms with Crippen molar-refractivity contribution in [1.82, 2.24) is 4.83 Å². The lowest BCUT2D eigenvalue weighted by molar-refractivity contribution is 0.304. The van der Waals surface area contributed by atoms with Gasteiger partial charge in [-0.05, 0) is 55.3 Å². The molecule has 0 aromatic heterocycles. The molecule has 146 valence electrons. The Bertz CT molecular complexity index is 814. The van der Waals surface area contributed by atoms with Crippen molar-refractivity contribution in [2.45, 2.75) is 50.8 Å². The van der Waals surface area contributed by atoms with Crippen molar-refractivity contribution in [1.29, 1.82) is 0 Å². The first-order valence-corrected chi connectivity index (χ1v) is 10.8. The van der Waals surface area contributed by atoms with Crippen molar-refractivity contribution in [2.24, 2.45) is 5.10 Å². The van der Waals surface area contributed by atoms with Crippen molar-refractivity contribution in [2.75, 3.05) is 6.61 Å². The van der Waals surface area contributed by atoms with Crippen LogP contribution in [0.25, 0.3) is 0 Å². The summed E-state index contributed by atoms with van der Waals surface area (Å²) in [6.45, 7) is 4.82. The first-order valence-electron chi connectivity index (χ1n) is 9.35. The Labute approximate surface area is 162 Å². The second kappa shape index (κ2) is 10.7. The number of hydrazone groups is 1. The fourth-order valence-corrected chi connectivity index (χ4v) is 3.28. The second-order valence-corrected chi connectivity index (χ2v) is 8.16. The van der Waals surface area contributed by atoms with E-state index in [1.807, 2.05) is 31.2 Å². The minimum Gasteiger partial charge on any atom is -0.494 e. The average molecular weight is 389 g/mol. The maximum atomic E-state index is 12.2. The van der Waals surface area contributed by atoms with Gasteiger partial charge in [0.1, 0.15) is 5.75 Å². The number of rotatable bonds is 11. The van der Waals surface area contributed by atoms with Crippen LogP contribution in [0.2, 0.25) is 0 Å². The molecule has 0 saturated carbocycles. The molecule has 0 aliphatic carbocycles. The van der Waals surface area contributed by atoms with Crippen molar-refractivity contribution < 1.29 is 13.2 Å². The van der Waals surface area contributed by atoms with E-state index in [1.54, 1.807) is 24.3 Å². The summed E-state index contributed by atoms with van der Waals surface area (Å²) in [7, 11) is -3.65. The lowest BCUT2D eigenvalue weighted by Gasteiger charge is -2.06. The highest BCUT2D eigenvalue weighted by Gasteiger charge is 2.11. The number of unbranched alkanes of at least 4 members (excludes halogenated alkanes) is 4. The van der Waals surface area contributed by atoms with Gasteiger partial charge >= 0.3 is 0 Å². The molecule has 0 amide bonds. The Kier molecular flexibility index (Phi) is 8.33. The van der Waals surface area contributed by atoms with Gasteiger partial charge in [-0.25, -0.2) is 4.83 Å². The van der Waals surface area contributed by atoms with E-state index < -0.39 is 10.0 Å². The summed E-state index contributed by atoms with van der Waals surface area (Å²) in [5.74, 6) is 0.808. The lowest BCUT2D eigenvalue weighted by Crippen LogP contribution is -2.18. The molecule has 0 fully saturated rings. The van der Waals surface area contributed by atoms with Crippen LogP contribution in [0.15, 0.2) is 58.5 Å². The van der Waals surface area contributed by atoms with Crippen LogP contribution in [0.5, 0.6) is 5.75 Å². The number of nitrogens with zero attached hydrogens (tertiary/aromatic N) is 1. The van der Waals surface area contributed by atoms with Crippen LogP contribution < -0.4 is 9.57 Å². The zero-order valence-corrected chi connectivity index (χ0v) is 16.8. The Hall–Kier alpha value is -2.34. The monoisotopic (exact) mass is 388 g/mol. The SMILES string of the molecule is CCCCCCCOc1ccc(/C=N\NS(=O)(=O)c2ccc(C)cc2)cc1. The van der Waals surface area contributed by atoms with Gasteiger partial charge in [0.05, 0.1) is 17.7 Å². The van der Waals surface area contributed by atoms with Crippen LogP contribution in [0.3, 0.4) is 0 Å². The topological polar surface area (TPSA) is 67.8 Å². The summed E-state index contributed by atoms with van der Waals surface area (Å²) in [4.78, 5) is 2.41. The van der Waals surface area contributed by atoms with Gasteiger partial charge in [-0.3, -0.25) is 0 Å². The summed E-state index contributed by atoms with van der Waals surface area (Å²) in [6, 6.07) is 14.0. The Morgan fingerprint density at radius 2 is 1.63 bits per heavy atom. The second-order valence-electron chi connectivity index (χ2n) is 6.50. The molecule has 0 heterocycles. The number of hydrogen-bond acceptors (Lipinski definition) is 4. The maximum Gasteiger partial charge on any atom is 0.276 e. The van der Waals surface area contributed by atoms with Crippen LogP contribution in [0.1, 0.15) is 50.2 Å². The molecule has 1 N–H and O–H groups in total. The van der Waals surface area contributed by atoms with Crippen molar-refractivity contribution in [3.63, 3.8) is 0 Å². The first kappa shape index (κ1) is 21.0. The molecule has 5 nitrogen and oxygen atoms in total. The standard InChI is InChI=1S/C21H28N2O3S/c1-3-4-5-6-7-16-26-20-12-10-19(11-13-20)17-22-23-27(24,25)21-14-8-18(2)9-15-21/h8-15,17,23H,3-7,16H2,1-2H3/b22-17-. The van der Waals surface area contributed by atoms with E-state index in [1.165, 1.54) is 31.9 Å². The predicted octanol–water partition coefficient (Wildman–Crippen LogP) is 4.66. The van der Waals surface area contributed by atoms with Gasteiger partial charge in [0.15, 0.2) is 0 Å². The Morgan fingerprint density at radius 3 is 2.30 bits per heavy atom. The maximum absolute atomic E-state index is 12.2. The minimum atomic E-state index is -3.65. The Balaban J connectivity index is 1.80. The molecule has 0 aliphatic heterocycles. The van der Waals surface area contributed by atoms with Gasteiger partial charge in [-0.1, -0.05) is 50.3 Å². The largest absolute Gasteiger partial charge is 0.494 e. The van der Waals surface area contributed by atoms with E-state index in [4.69, 9.17) is 4.74 Å². The third-order valence-electron chi connectivity index (χ3n) is 4.11. The quantitative estimate of drug-likeness (QED) is 0.346. The van der Waals surface area contributed by atoms with Crippen LogP contribution in [0, 0.1) is 6.92 Å². The molecule has 2 rings (SSSR count). The summed E-state index contributed by atoms with van der Waals surface area (Å²) < 4.78 is 30.0.